The number of carbonyl (C=O) groups is 2. The van der Waals surface area contributed by atoms with Crippen LogP contribution in [0.3, 0.4) is 0 Å². The van der Waals surface area contributed by atoms with Crippen molar-refractivity contribution in [3.63, 3.8) is 0 Å². The van der Waals surface area contributed by atoms with Gasteiger partial charge in [-0.15, -0.1) is 12.3 Å². The van der Waals surface area contributed by atoms with E-state index in [1.165, 1.54) is 0 Å². The molecule has 0 radical (unpaired) electrons. The highest BCUT2D eigenvalue weighted by atomic mass is 16.4. The standard InChI is InChI=1S/C15H23NO3/c1-2-3-4-8-11-16-13(17)12-15(14(18)19)9-6-5-7-10-15/h1H,3-12H2,(H,16,17)(H,18,19). The van der Waals surface area contributed by atoms with Gasteiger partial charge in [0.1, 0.15) is 0 Å². The first kappa shape index (κ1) is 15.6. The Morgan fingerprint density at radius 1 is 1.21 bits per heavy atom. The van der Waals surface area contributed by atoms with Crippen LogP contribution in [0.2, 0.25) is 0 Å². The molecular formula is C15H23NO3. The van der Waals surface area contributed by atoms with E-state index in [9.17, 15) is 14.7 Å². The Balaban J connectivity index is 2.36. The summed E-state index contributed by atoms with van der Waals surface area (Å²) in [4.78, 5) is 23.3. The van der Waals surface area contributed by atoms with Gasteiger partial charge in [0.2, 0.25) is 5.91 Å². The van der Waals surface area contributed by atoms with Crippen molar-refractivity contribution in [2.45, 2.75) is 57.8 Å². The smallest absolute Gasteiger partial charge is 0.310 e. The van der Waals surface area contributed by atoms with Crippen LogP contribution in [-0.2, 0) is 9.59 Å². The van der Waals surface area contributed by atoms with Gasteiger partial charge in [0.15, 0.2) is 0 Å². The fraction of sp³-hybridized carbons (Fsp3) is 0.733. The topological polar surface area (TPSA) is 66.4 Å². The molecule has 4 nitrogen and oxygen atoms in total. The van der Waals surface area contributed by atoms with E-state index in [1.807, 2.05) is 0 Å². The van der Waals surface area contributed by atoms with Crippen molar-refractivity contribution < 1.29 is 14.7 Å². The lowest BCUT2D eigenvalue weighted by Crippen LogP contribution is -2.39. The third-order valence-electron chi connectivity index (χ3n) is 3.83. The molecule has 1 aliphatic carbocycles. The van der Waals surface area contributed by atoms with Crippen molar-refractivity contribution in [1.29, 1.82) is 0 Å². The van der Waals surface area contributed by atoms with Crippen molar-refractivity contribution in [3.05, 3.63) is 0 Å². The lowest BCUT2D eigenvalue weighted by Gasteiger charge is -2.32. The largest absolute Gasteiger partial charge is 0.481 e. The summed E-state index contributed by atoms with van der Waals surface area (Å²) >= 11 is 0. The van der Waals surface area contributed by atoms with Gasteiger partial charge in [0, 0.05) is 19.4 Å². The van der Waals surface area contributed by atoms with Crippen molar-refractivity contribution in [3.8, 4) is 12.3 Å². The van der Waals surface area contributed by atoms with Crippen LogP contribution in [0.1, 0.15) is 57.8 Å². The summed E-state index contributed by atoms with van der Waals surface area (Å²) in [7, 11) is 0. The maximum absolute atomic E-state index is 11.8. The van der Waals surface area contributed by atoms with Crippen LogP contribution in [0, 0.1) is 17.8 Å². The zero-order chi connectivity index (χ0) is 14.1. The third kappa shape index (κ3) is 4.94. The first-order chi connectivity index (χ1) is 9.10. The quantitative estimate of drug-likeness (QED) is 0.548. The number of carboxylic acid groups (broad SMARTS) is 1. The molecule has 0 aromatic heterocycles. The summed E-state index contributed by atoms with van der Waals surface area (Å²) in [5.41, 5.74) is -0.832. The second-order valence-electron chi connectivity index (χ2n) is 5.33. The van der Waals surface area contributed by atoms with Crippen LogP contribution >= 0.6 is 0 Å². The molecule has 1 fully saturated rings. The second-order valence-corrected chi connectivity index (χ2v) is 5.33. The van der Waals surface area contributed by atoms with Gasteiger partial charge in [-0.3, -0.25) is 9.59 Å². The van der Waals surface area contributed by atoms with E-state index in [0.29, 0.717) is 19.4 Å². The number of carbonyl (C=O) groups excluding carboxylic acids is 1. The zero-order valence-electron chi connectivity index (χ0n) is 11.4. The number of terminal acetylenes is 1. The van der Waals surface area contributed by atoms with Crippen LogP contribution < -0.4 is 5.32 Å². The number of amides is 1. The molecule has 106 valence electrons. The lowest BCUT2D eigenvalue weighted by atomic mass is 9.71. The number of carboxylic acids is 1. The number of unbranched alkanes of at least 4 members (excludes halogenated alkanes) is 2. The molecule has 4 heteroatoms. The highest BCUT2D eigenvalue weighted by molar-refractivity contribution is 5.85. The van der Waals surface area contributed by atoms with Crippen molar-refractivity contribution in [2.75, 3.05) is 6.54 Å². The summed E-state index contributed by atoms with van der Waals surface area (Å²) in [6.45, 7) is 0.580. The molecule has 0 unspecified atom stereocenters. The van der Waals surface area contributed by atoms with E-state index in [1.54, 1.807) is 0 Å². The van der Waals surface area contributed by atoms with Crippen LogP contribution in [0.5, 0.6) is 0 Å². The molecular weight excluding hydrogens is 242 g/mol. The van der Waals surface area contributed by atoms with Crippen LogP contribution in [-0.4, -0.2) is 23.5 Å². The van der Waals surface area contributed by atoms with Crippen LogP contribution in [0.25, 0.3) is 0 Å². The summed E-state index contributed by atoms with van der Waals surface area (Å²) in [6.07, 6.45) is 11.8. The van der Waals surface area contributed by atoms with Gasteiger partial charge >= 0.3 is 5.97 Å². The molecule has 1 aliphatic rings. The number of hydrogen-bond acceptors (Lipinski definition) is 2. The molecule has 0 saturated heterocycles. The maximum Gasteiger partial charge on any atom is 0.310 e. The fourth-order valence-corrected chi connectivity index (χ4v) is 2.64. The summed E-state index contributed by atoms with van der Waals surface area (Å²) in [5.74, 6) is 1.58. The van der Waals surface area contributed by atoms with Crippen LogP contribution in [0.15, 0.2) is 0 Å². The molecule has 19 heavy (non-hydrogen) atoms. The zero-order valence-corrected chi connectivity index (χ0v) is 11.4. The number of hydrogen-bond donors (Lipinski definition) is 2. The minimum absolute atomic E-state index is 0.109. The Morgan fingerprint density at radius 2 is 1.89 bits per heavy atom. The Morgan fingerprint density at radius 3 is 2.47 bits per heavy atom. The van der Waals surface area contributed by atoms with E-state index < -0.39 is 11.4 Å². The summed E-state index contributed by atoms with van der Waals surface area (Å²) in [6, 6.07) is 0. The van der Waals surface area contributed by atoms with Gasteiger partial charge < -0.3 is 10.4 Å². The number of aliphatic carboxylic acids is 1. The number of rotatable bonds is 7. The van der Waals surface area contributed by atoms with Crippen molar-refractivity contribution in [1.82, 2.24) is 5.32 Å². The molecule has 2 N–H and O–H groups in total. The Bertz CT molecular complexity index is 351. The average molecular weight is 265 g/mol. The van der Waals surface area contributed by atoms with E-state index in [0.717, 1.165) is 38.5 Å². The average Bonchev–Trinajstić information content (AvgIpc) is 2.39. The molecule has 1 amide bonds. The maximum atomic E-state index is 11.8. The third-order valence-corrected chi connectivity index (χ3v) is 3.83. The van der Waals surface area contributed by atoms with Crippen LogP contribution in [0.4, 0.5) is 0 Å². The molecule has 0 heterocycles. The van der Waals surface area contributed by atoms with Crippen molar-refractivity contribution in [2.24, 2.45) is 5.41 Å². The van der Waals surface area contributed by atoms with E-state index >= 15 is 0 Å². The predicted octanol–water partition coefficient (Wildman–Crippen LogP) is 2.33. The molecule has 0 spiro atoms. The Hall–Kier alpha value is -1.50. The first-order valence-corrected chi connectivity index (χ1v) is 7.04. The highest BCUT2D eigenvalue weighted by Gasteiger charge is 2.41. The molecule has 1 saturated carbocycles. The highest BCUT2D eigenvalue weighted by Crippen LogP contribution is 2.39. The molecule has 0 aromatic rings. The SMILES string of the molecule is C#CCCCCNC(=O)CC1(C(=O)O)CCCCC1. The first-order valence-electron chi connectivity index (χ1n) is 7.04. The van der Waals surface area contributed by atoms with Gasteiger partial charge in [-0.25, -0.2) is 0 Å². The van der Waals surface area contributed by atoms with E-state index in [2.05, 4.69) is 11.2 Å². The predicted molar refractivity (Wildman–Crippen MR) is 73.5 cm³/mol. The Labute approximate surface area is 115 Å². The Kier molecular flexibility index (Phi) is 6.41. The normalized spacial score (nSPS) is 17.4. The summed E-state index contributed by atoms with van der Waals surface area (Å²) < 4.78 is 0. The fourth-order valence-electron chi connectivity index (χ4n) is 2.64. The van der Waals surface area contributed by atoms with E-state index in [-0.39, 0.29) is 12.3 Å². The molecule has 0 atom stereocenters. The molecule has 0 aromatic carbocycles. The molecule has 0 aliphatic heterocycles. The number of nitrogens with one attached hydrogen (secondary N) is 1. The van der Waals surface area contributed by atoms with Gasteiger partial charge in [-0.1, -0.05) is 19.3 Å². The minimum atomic E-state index is -0.832. The van der Waals surface area contributed by atoms with Crippen molar-refractivity contribution >= 4 is 11.9 Å². The van der Waals surface area contributed by atoms with Gasteiger partial charge in [-0.2, -0.15) is 0 Å². The van der Waals surface area contributed by atoms with Gasteiger partial charge in [-0.05, 0) is 25.7 Å². The molecule has 1 rings (SSSR count). The van der Waals surface area contributed by atoms with Gasteiger partial charge in [0.25, 0.3) is 0 Å². The van der Waals surface area contributed by atoms with E-state index in [4.69, 9.17) is 6.42 Å². The lowest BCUT2D eigenvalue weighted by molar-refractivity contribution is -0.154. The molecule has 0 bridgehead atoms. The van der Waals surface area contributed by atoms with Gasteiger partial charge in [0.05, 0.1) is 5.41 Å². The summed E-state index contributed by atoms with van der Waals surface area (Å²) in [5, 5.41) is 12.2. The minimum Gasteiger partial charge on any atom is -0.481 e. The monoisotopic (exact) mass is 265 g/mol. The second kappa shape index (κ2) is 7.83.